The van der Waals surface area contributed by atoms with E-state index in [0.29, 0.717) is 42.7 Å². The van der Waals surface area contributed by atoms with Gasteiger partial charge in [0.2, 0.25) is 5.91 Å². The molecule has 3 aromatic rings. The van der Waals surface area contributed by atoms with Crippen molar-refractivity contribution in [1.82, 2.24) is 0 Å². The number of primary amides is 1. The molecule has 8 heteroatoms. The molecule has 2 aliphatic heterocycles. The molecule has 1 amide bonds. The molecule has 0 bridgehead atoms. The highest BCUT2D eigenvalue weighted by Crippen LogP contribution is 2.46. The third-order valence-corrected chi connectivity index (χ3v) is 7.44. The van der Waals surface area contributed by atoms with Gasteiger partial charge in [0.15, 0.2) is 6.29 Å². The van der Waals surface area contributed by atoms with Gasteiger partial charge in [0.25, 0.3) is 0 Å². The molecule has 0 aromatic heterocycles. The Morgan fingerprint density at radius 3 is 2.44 bits per heavy atom. The second-order valence-corrected chi connectivity index (χ2v) is 9.65. The number of nitrogens with two attached hydrogens (primary N) is 1. The van der Waals surface area contributed by atoms with Crippen molar-refractivity contribution in [2.24, 2.45) is 5.73 Å². The monoisotopic (exact) mass is 490 g/mol. The number of carbonyl (C=O) groups excluding carboxylic acids is 2. The fourth-order valence-corrected chi connectivity index (χ4v) is 5.35. The summed E-state index contributed by atoms with van der Waals surface area (Å²) < 4.78 is 28.4. The van der Waals surface area contributed by atoms with Gasteiger partial charge in [-0.25, -0.2) is 8.78 Å². The highest BCUT2D eigenvalue weighted by Gasteiger charge is 2.43. The van der Waals surface area contributed by atoms with Gasteiger partial charge in [-0.3, -0.25) is 9.59 Å². The summed E-state index contributed by atoms with van der Waals surface area (Å²) in [6.07, 6.45) is 0.909. The number of aldehydes is 1. The Balaban J connectivity index is 1.40. The molecule has 0 saturated carbocycles. The minimum Gasteiger partial charge on any atom is -0.377 e. The average molecular weight is 491 g/mol. The van der Waals surface area contributed by atoms with Crippen LogP contribution in [-0.2, 0) is 10.2 Å². The van der Waals surface area contributed by atoms with Crippen molar-refractivity contribution >= 4 is 29.3 Å². The highest BCUT2D eigenvalue weighted by atomic mass is 19.1. The Morgan fingerprint density at radius 1 is 1.03 bits per heavy atom. The van der Waals surface area contributed by atoms with Crippen LogP contribution in [0.15, 0.2) is 60.7 Å². The van der Waals surface area contributed by atoms with E-state index in [4.69, 9.17) is 5.73 Å². The Kier molecular flexibility index (Phi) is 6.12. The first kappa shape index (κ1) is 23.8. The van der Waals surface area contributed by atoms with Gasteiger partial charge in [0, 0.05) is 43.1 Å². The second-order valence-electron chi connectivity index (χ2n) is 9.65. The zero-order valence-corrected chi connectivity index (χ0v) is 20.0. The van der Waals surface area contributed by atoms with E-state index in [1.807, 2.05) is 29.2 Å². The minimum absolute atomic E-state index is 0.155. The summed E-state index contributed by atoms with van der Waals surface area (Å²) in [5, 5.41) is 3.36. The first-order chi connectivity index (χ1) is 17.3. The maximum atomic E-state index is 14.2. The molecule has 3 aromatic carbocycles. The van der Waals surface area contributed by atoms with Crippen LogP contribution in [0.4, 0.5) is 25.8 Å². The van der Waals surface area contributed by atoms with Gasteiger partial charge in [-0.05, 0) is 60.9 Å². The van der Waals surface area contributed by atoms with Crippen LogP contribution in [0.3, 0.4) is 0 Å². The molecule has 1 fully saturated rings. The number of anilines is 3. The fraction of sp³-hybridized carbons (Fsp3) is 0.286. The lowest BCUT2D eigenvalue weighted by molar-refractivity contribution is -0.123. The number of hydrogen-bond acceptors (Lipinski definition) is 5. The molecule has 2 unspecified atom stereocenters. The van der Waals surface area contributed by atoms with Crippen LogP contribution in [0.5, 0.6) is 0 Å². The molecule has 2 heterocycles. The number of benzene rings is 3. The summed E-state index contributed by atoms with van der Waals surface area (Å²) in [5.74, 6) is -1.37. The van der Waals surface area contributed by atoms with Gasteiger partial charge in [0.1, 0.15) is 11.6 Å². The Hall–Kier alpha value is -3.94. The Labute approximate surface area is 208 Å². The molecule has 3 N–H and O–H groups in total. The van der Waals surface area contributed by atoms with E-state index >= 15 is 0 Å². The van der Waals surface area contributed by atoms with Gasteiger partial charge < -0.3 is 20.9 Å². The smallest absolute Gasteiger partial charge is 0.227 e. The molecule has 5 rings (SSSR count). The predicted octanol–water partition coefficient (Wildman–Crippen LogP) is 4.40. The van der Waals surface area contributed by atoms with E-state index in [1.165, 1.54) is 12.1 Å². The highest BCUT2D eigenvalue weighted by molar-refractivity contribution is 5.94. The van der Waals surface area contributed by atoms with Gasteiger partial charge in [-0.2, -0.15) is 0 Å². The van der Waals surface area contributed by atoms with Gasteiger partial charge in [0.05, 0.1) is 17.1 Å². The number of carbonyl (C=O) groups is 2. The number of rotatable bonds is 5. The summed E-state index contributed by atoms with van der Waals surface area (Å²) in [7, 11) is 0. The maximum absolute atomic E-state index is 14.2. The topological polar surface area (TPSA) is 78.7 Å². The van der Waals surface area contributed by atoms with E-state index in [2.05, 4.69) is 16.3 Å². The SMILES string of the molecule is CC1(C(N)=O)CC(c2cccc(N3CCN(c4ccccc4F)CC3)c2)Nc2c(C=O)cc(F)cc21. The molecule has 2 atom stereocenters. The number of fused-ring (bicyclic) bond motifs is 1. The Bertz CT molecular complexity index is 1320. The lowest BCUT2D eigenvalue weighted by Gasteiger charge is -2.40. The third-order valence-electron chi connectivity index (χ3n) is 7.44. The first-order valence-corrected chi connectivity index (χ1v) is 12.0. The third kappa shape index (κ3) is 4.17. The number of piperazine rings is 1. The zero-order chi connectivity index (χ0) is 25.4. The second kappa shape index (κ2) is 9.26. The number of halogens is 2. The number of hydrogen-bond donors (Lipinski definition) is 2. The molecule has 0 radical (unpaired) electrons. The van der Waals surface area contributed by atoms with E-state index in [1.54, 1.807) is 19.1 Å². The van der Waals surface area contributed by atoms with Crippen molar-refractivity contribution in [3.05, 3.63) is 89.0 Å². The number of amides is 1. The first-order valence-electron chi connectivity index (χ1n) is 12.0. The summed E-state index contributed by atoms with van der Waals surface area (Å²) in [6, 6.07) is 17.0. The van der Waals surface area contributed by atoms with E-state index in [0.717, 1.165) is 30.4 Å². The molecular weight excluding hydrogens is 462 g/mol. The molecule has 186 valence electrons. The summed E-state index contributed by atoms with van der Waals surface area (Å²) in [5.41, 5.74) is 8.21. The standard InChI is InChI=1S/C28H28F2N4O2/c1-28(27(31)36)16-24(32-26-19(17-35)13-20(29)15-22(26)28)18-5-4-6-21(14-18)33-9-11-34(12-10-33)25-8-3-2-7-23(25)30/h2-8,13-15,17,24,32H,9-12,16H2,1H3,(H2,31,36). The van der Waals surface area contributed by atoms with Crippen molar-refractivity contribution in [2.45, 2.75) is 24.8 Å². The number of nitrogens with zero attached hydrogens (tertiary/aromatic N) is 2. The summed E-state index contributed by atoms with van der Waals surface area (Å²) in [6.45, 7) is 4.53. The van der Waals surface area contributed by atoms with Crippen LogP contribution in [0.2, 0.25) is 0 Å². The molecule has 0 spiro atoms. The van der Waals surface area contributed by atoms with Gasteiger partial charge in [-0.15, -0.1) is 0 Å². The normalized spacial score (nSPS) is 21.5. The van der Waals surface area contributed by atoms with Crippen LogP contribution in [0, 0.1) is 11.6 Å². The summed E-state index contributed by atoms with van der Waals surface area (Å²) in [4.78, 5) is 28.6. The van der Waals surface area contributed by atoms with Crippen LogP contribution >= 0.6 is 0 Å². The van der Waals surface area contributed by atoms with E-state index in [9.17, 15) is 18.4 Å². The van der Waals surface area contributed by atoms with Gasteiger partial charge >= 0.3 is 0 Å². The fourth-order valence-electron chi connectivity index (χ4n) is 5.35. The van der Waals surface area contributed by atoms with Crippen LogP contribution in [0.1, 0.15) is 40.9 Å². The van der Waals surface area contributed by atoms with Crippen molar-refractivity contribution in [2.75, 3.05) is 41.3 Å². The van der Waals surface area contributed by atoms with Crippen molar-refractivity contribution in [1.29, 1.82) is 0 Å². The van der Waals surface area contributed by atoms with Crippen molar-refractivity contribution in [3.63, 3.8) is 0 Å². The van der Waals surface area contributed by atoms with E-state index in [-0.39, 0.29) is 17.4 Å². The molecule has 2 aliphatic rings. The van der Waals surface area contributed by atoms with Crippen molar-refractivity contribution < 1.29 is 18.4 Å². The average Bonchev–Trinajstić information content (AvgIpc) is 2.89. The predicted molar refractivity (Wildman–Crippen MR) is 137 cm³/mol. The number of para-hydroxylation sites is 1. The lowest BCUT2D eigenvalue weighted by atomic mass is 9.71. The van der Waals surface area contributed by atoms with Gasteiger partial charge in [-0.1, -0.05) is 24.3 Å². The largest absolute Gasteiger partial charge is 0.377 e. The van der Waals surface area contributed by atoms with E-state index < -0.39 is 17.1 Å². The van der Waals surface area contributed by atoms with Crippen LogP contribution < -0.4 is 20.9 Å². The Morgan fingerprint density at radius 2 is 1.75 bits per heavy atom. The number of nitrogens with one attached hydrogen (secondary N) is 1. The lowest BCUT2D eigenvalue weighted by Crippen LogP contribution is -2.47. The van der Waals surface area contributed by atoms with Crippen LogP contribution in [0.25, 0.3) is 0 Å². The summed E-state index contributed by atoms with van der Waals surface area (Å²) >= 11 is 0. The molecule has 6 nitrogen and oxygen atoms in total. The zero-order valence-electron chi connectivity index (χ0n) is 20.0. The molecule has 0 aliphatic carbocycles. The molecule has 1 saturated heterocycles. The minimum atomic E-state index is -1.15. The maximum Gasteiger partial charge on any atom is 0.227 e. The van der Waals surface area contributed by atoms with Crippen molar-refractivity contribution in [3.8, 4) is 0 Å². The van der Waals surface area contributed by atoms with Crippen LogP contribution in [-0.4, -0.2) is 38.4 Å². The molecule has 36 heavy (non-hydrogen) atoms. The molecular formula is C28H28F2N4O2. The quantitative estimate of drug-likeness (QED) is 0.519.